The zero-order chi connectivity index (χ0) is 20.8. The highest BCUT2D eigenvalue weighted by Crippen LogP contribution is 2.40. The van der Waals surface area contributed by atoms with Crippen LogP contribution in [0, 0.1) is 0 Å². The predicted molar refractivity (Wildman–Crippen MR) is 118 cm³/mol. The molecule has 4 nitrogen and oxygen atoms in total. The van der Waals surface area contributed by atoms with Gasteiger partial charge in [-0.1, -0.05) is 91.0 Å². The minimum atomic E-state index is -0.617. The van der Waals surface area contributed by atoms with Crippen LogP contribution in [0.3, 0.4) is 0 Å². The molecule has 4 heteroatoms. The summed E-state index contributed by atoms with van der Waals surface area (Å²) in [6, 6.07) is 31.1. The average molecular weight is 394 g/mol. The first-order valence-electron chi connectivity index (χ1n) is 9.72. The largest absolute Gasteiger partial charge is 0.466 e. The molecule has 0 aliphatic carbocycles. The second-order valence-corrected chi connectivity index (χ2v) is 6.87. The standard InChI is InChI=1S/C26H22N2O2/c1-30-25(29)18-17-24-19-28(20-27-24)26(21-11-5-2-6-12-21,22-13-7-3-8-14-22)23-15-9-4-10-16-23/h2-20H,1H3/b18-17-. The van der Waals surface area contributed by atoms with Crippen molar-refractivity contribution in [2.45, 2.75) is 5.54 Å². The fourth-order valence-electron chi connectivity index (χ4n) is 3.81. The molecule has 0 fully saturated rings. The van der Waals surface area contributed by atoms with E-state index < -0.39 is 11.5 Å². The lowest BCUT2D eigenvalue weighted by Gasteiger charge is -2.37. The Bertz CT molecular complexity index is 1040. The number of hydrogen-bond acceptors (Lipinski definition) is 3. The number of methoxy groups -OCH3 is 1. The predicted octanol–water partition coefficient (Wildman–Crippen LogP) is 4.91. The zero-order valence-corrected chi connectivity index (χ0v) is 16.7. The smallest absolute Gasteiger partial charge is 0.330 e. The summed E-state index contributed by atoms with van der Waals surface area (Å²) in [6.07, 6.45) is 6.80. The Hall–Kier alpha value is -3.92. The Labute approximate surface area is 176 Å². The number of nitrogens with zero attached hydrogens (tertiary/aromatic N) is 2. The Morgan fingerprint density at radius 1 is 0.833 bits per heavy atom. The van der Waals surface area contributed by atoms with Gasteiger partial charge in [0.25, 0.3) is 0 Å². The van der Waals surface area contributed by atoms with Gasteiger partial charge < -0.3 is 9.30 Å². The van der Waals surface area contributed by atoms with E-state index in [-0.39, 0.29) is 0 Å². The van der Waals surface area contributed by atoms with E-state index in [0.29, 0.717) is 5.69 Å². The summed E-state index contributed by atoms with van der Waals surface area (Å²) in [5, 5.41) is 0. The SMILES string of the molecule is COC(=O)/C=C\c1cn(C(c2ccccc2)(c2ccccc2)c2ccccc2)cn1. The maximum Gasteiger partial charge on any atom is 0.330 e. The van der Waals surface area contributed by atoms with Gasteiger partial charge in [0.05, 0.1) is 19.1 Å². The average Bonchev–Trinajstić information content (AvgIpc) is 3.29. The normalized spacial score (nSPS) is 11.5. The van der Waals surface area contributed by atoms with Gasteiger partial charge in [0, 0.05) is 12.3 Å². The Balaban J connectivity index is 1.98. The van der Waals surface area contributed by atoms with Crippen molar-refractivity contribution in [3.63, 3.8) is 0 Å². The highest BCUT2D eigenvalue weighted by atomic mass is 16.5. The molecule has 0 radical (unpaired) electrons. The van der Waals surface area contributed by atoms with Crippen LogP contribution in [0.15, 0.2) is 110 Å². The lowest BCUT2D eigenvalue weighted by Crippen LogP contribution is -2.36. The van der Waals surface area contributed by atoms with E-state index in [9.17, 15) is 4.79 Å². The van der Waals surface area contributed by atoms with E-state index >= 15 is 0 Å². The molecule has 0 aliphatic rings. The molecule has 0 saturated carbocycles. The van der Waals surface area contributed by atoms with Crippen LogP contribution in [-0.4, -0.2) is 22.6 Å². The third-order valence-corrected chi connectivity index (χ3v) is 5.16. The summed E-state index contributed by atoms with van der Waals surface area (Å²) in [5.74, 6) is -0.412. The summed E-state index contributed by atoms with van der Waals surface area (Å²) in [4.78, 5) is 16.0. The lowest BCUT2D eigenvalue weighted by atomic mass is 9.77. The molecule has 0 saturated heterocycles. The Kier molecular flexibility index (Phi) is 5.57. The lowest BCUT2D eigenvalue weighted by molar-refractivity contribution is -0.134. The number of imidazole rings is 1. The summed E-state index contributed by atoms with van der Waals surface area (Å²) < 4.78 is 6.79. The van der Waals surface area contributed by atoms with E-state index in [4.69, 9.17) is 4.74 Å². The molecule has 1 heterocycles. The van der Waals surface area contributed by atoms with Crippen LogP contribution in [-0.2, 0) is 15.1 Å². The van der Waals surface area contributed by atoms with Gasteiger partial charge in [-0.3, -0.25) is 0 Å². The van der Waals surface area contributed by atoms with Gasteiger partial charge in [-0.05, 0) is 22.8 Å². The Morgan fingerprint density at radius 3 is 1.73 bits per heavy atom. The molecule has 4 rings (SSSR count). The van der Waals surface area contributed by atoms with Crippen molar-refractivity contribution in [1.29, 1.82) is 0 Å². The van der Waals surface area contributed by atoms with E-state index in [0.717, 1.165) is 16.7 Å². The van der Waals surface area contributed by atoms with Crippen LogP contribution in [0.1, 0.15) is 22.4 Å². The van der Waals surface area contributed by atoms with E-state index in [1.165, 1.54) is 13.2 Å². The molecule has 3 aromatic carbocycles. The molecule has 0 unspecified atom stereocenters. The van der Waals surface area contributed by atoms with Crippen LogP contribution < -0.4 is 0 Å². The van der Waals surface area contributed by atoms with Gasteiger partial charge in [-0.25, -0.2) is 9.78 Å². The Morgan fingerprint density at radius 2 is 1.30 bits per heavy atom. The quantitative estimate of drug-likeness (QED) is 0.265. The van der Waals surface area contributed by atoms with Gasteiger partial charge >= 0.3 is 5.97 Å². The summed E-state index contributed by atoms with van der Waals surface area (Å²) in [7, 11) is 1.36. The number of hydrogen-bond donors (Lipinski definition) is 0. The first kappa shape index (κ1) is 19.4. The van der Waals surface area contributed by atoms with E-state index in [2.05, 4.69) is 45.9 Å². The highest BCUT2D eigenvalue weighted by Gasteiger charge is 2.38. The number of carbonyl (C=O) groups excluding carboxylic acids is 1. The van der Waals surface area contributed by atoms with Gasteiger partial charge in [0.1, 0.15) is 5.54 Å². The van der Waals surface area contributed by atoms with Crippen molar-refractivity contribution in [3.05, 3.63) is 132 Å². The van der Waals surface area contributed by atoms with Crippen LogP contribution in [0.4, 0.5) is 0 Å². The number of aromatic nitrogens is 2. The van der Waals surface area contributed by atoms with Crippen molar-refractivity contribution >= 4 is 12.0 Å². The van der Waals surface area contributed by atoms with Crippen molar-refractivity contribution < 1.29 is 9.53 Å². The van der Waals surface area contributed by atoms with Gasteiger partial charge in [-0.2, -0.15) is 0 Å². The number of rotatable bonds is 6. The fourth-order valence-corrected chi connectivity index (χ4v) is 3.81. The number of esters is 1. The van der Waals surface area contributed by atoms with Gasteiger partial charge in [0.2, 0.25) is 0 Å². The molecule has 0 bridgehead atoms. The first-order valence-corrected chi connectivity index (χ1v) is 9.72. The van der Waals surface area contributed by atoms with E-state index in [1.54, 1.807) is 6.08 Å². The summed E-state index contributed by atoms with van der Waals surface area (Å²) in [5.41, 5.74) is 3.40. The summed E-state index contributed by atoms with van der Waals surface area (Å²) >= 11 is 0. The molecular weight excluding hydrogens is 372 g/mol. The van der Waals surface area contributed by atoms with Crippen LogP contribution in [0.25, 0.3) is 6.08 Å². The molecule has 4 aromatic rings. The highest BCUT2D eigenvalue weighted by molar-refractivity contribution is 5.86. The molecule has 0 aliphatic heterocycles. The van der Waals surface area contributed by atoms with Gasteiger partial charge in [0.15, 0.2) is 0 Å². The van der Waals surface area contributed by atoms with Crippen LogP contribution in [0.5, 0.6) is 0 Å². The number of carbonyl (C=O) groups is 1. The number of benzene rings is 3. The topological polar surface area (TPSA) is 44.1 Å². The molecule has 30 heavy (non-hydrogen) atoms. The molecule has 0 N–H and O–H groups in total. The monoisotopic (exact) mass is 394 g/mol. The third kappa shape index (κ3) is 3.55. The maximum absolute atomic E-state index is 11.5. The fraction of sp³-hybridized carbons (Fsp3) is 0.0769. The van der Waals surface area contributed by atoms with Crippen molar-refractivity contribution in [1.82, 2.24) is 9.55 Å². The third-order valence-electron chi connectivity index (χ3n) is 5.16. The molecule has 1 aromatic heterocycles. The second-order valence-electron chi connectivity index (χ2n) is 6.87. The number of ether oxygens (including phenoxy) is 1. The molecule has 0 spiro atoms. The minimum absolute atomic E-state index is 0.412. The van der Waals surface area contributed by atoms with Crippen molar-refractivity contribution in [2.75, 3.05) is 7.11 Å². The maximum atomic E-state index is 11.5. The van der Waals surface area contributed by atoms with Crippen LogP contribution >= 0.6 is 0 Å². The zero-order valence-electron chi connectivity index (χ0n) is 16.7. The minimum Gasteiger partial charge on any atom is -0.466 e. The molecule has 148 valence electrons. The first-order chi connectivity index (χ1) is 14.7. The van der Waals surface area contributed by atoms with Crippen molar-refractivity contribution in [3.8, 4) is 0 Å². The van der Waals surface area contributed by atoms with Crippen molar-refractivity contribution in [2.24, 2.45) is 0 Å². The van der Waals surface area contributed by atoms with E-state index in [1.807, 2.05) is 67.1 Å². The van der Waals surface area contributed by atoms with Gasteiger partial charge in [-0.15, -0.1) is 0 Å². The van der Waals surface area contributed by atoms with Crippen LogP contribution in [0.2, 0.25) is 0 Å². The molecule has 0 amide bonds. The second kappa shape index (κ2) is 8.62. The summed E-state index contributed by atoms with van der Waals surface area (Å²) in [6.45, 7) is 0. The molecule has 0 atom stereocenters. The molecular formula is C26H22N2O2.